The van der Waals surface area contributed by atoms with Gasteiger partial charge in [-0.2, -0.15) is 0 Å². The zero-order valence-corrected chi connectivity index (χ0v) is 15.5. The van der Waals surface area contributed by atoms with Crippen LogP contribution in [-0.2, 0) is 10.0 Å². The van der Waals surface area contributed by atoms with Crippen LogP contribution in [0.15, 0.2) is 29.3 Å². The van der Waals surface area contributed by atoms with Gasteiger partial charge in [0.15, 0.2) is 5.96 Å². The SMILES string of the molecule is CCNC(=NCCNS(C)(=O)=O)N1CCN(c2ccccc2F)CC1. The van der Waals surface area contributed by atoms with E-state index in [1.165, 1.54) is 6.07 Å². The number of guanidine groups is 1. The van der Waals surface area contributed by atoms with Gasteiger partial charge in [-0.25, -0.2) is 17.5 Å². The van der Waals surface area contributed by atoms with Crippen LogP contribution in [0.2, 0.25) is 0 Å². The molecule has 0 atom stereocenters. The van der Waals surface area contributed by atoms with Crippen molar-refractivity contribution in [3.63, 3.8) is 0 Å². The van der Waals surface area contributed by atoms with Crippen molar-refractivity contribution in [2.45, 2.75) is 6.92 Å². The highest BCUT2D eigenvalue weighted by molar-refractivity contribution is 7.88. The molecule has 1 heterocycles. The smallest absolute Gasteiger partial charge is 0.208 e. The Hall–Kier alpha value is -1.87. The van der Waals surface area contributed by atoms with E-state index in [-0.39, 0.29) is 12.4 Å². The molecule has 0 aliphatic carbocycles. The van der Waals surface area contributed by atoms with Crippen molar-refractivity contribution < 1.29 is 12.8 Å². The molecule has 2 N–H and O–H groups in total. The van der Waals surface area contributed by atoms with E-state index in [1.807, 2.05) is 17.9 Å². The summed E-state index contributed by atoms with van der Waals surface area (Å²) in [7, 11) is -3.20. The summed E-state index contributed by atoms with van der Waals surface area (Å²) in [5, 5.41) is 3.22. The number of nitrogens with one attached hydrogen (secondary N) is 2. The van der Waals surface area contributed by atoms with Crippen molar-refractivity contribution in [2.75, 3.05) is 57.0 Å². The van der Waals surface area contributed by atoms with E-state index in [2.05, 4.69) is 19.9 Å². The van der Waals surface area contributed by atoms with Crippen LogP contribution in [-0.4, -0.2) is 71.3 Å². The standard InChI is InChI=1S/C16H26FN5O2S/c1-3-18-16(19-8-9-20-25(2,23)24)22-12-10-21(11-13-22)15-7-5-4-6-14(15)17/h4-7,20H,3,8-13H2,1-2H3,(H,18,19). The first kappa shape index (κ1) is 19.5. The molecule has 1 aromatic rings. The number of halogens is 1. The number of aliphatic imine (C=N–C) groups is 1. The molecule has 0 spiro atoms. The molecule has 0 radical (unpaired) electrons. The predicted molar refractivity (Wildman–Crippen MR) is 99.0 cm³/mol. The number of para-hydroxylation sites is 1. The summed E-state index contributed by atoms with van der Waals surface area (Å²) in [5.74, 6) is 0.550. The van der Waals surface area contributed by atoms with Gasteiger partial charge in [-0.05, 0) is 19.1 Å². The van der Waals surface area contributed by atoms with Gasteiger partial charge in [-0.3, -0.25) is 4.99 Å². The fourth-order valence-electron chi connectivity index (χ4n) is 2.69. The Labute approximate surface area is 149 Å². The minimum atomic E-state index is -3.20. The Bertz CT molecular complexity index is 688. The van der Waals surface area contributed by atoms with Crippen molar-refractivity contribution in [1.29, 1.82) is 0 Å². The molecule has 0 unspecified atom stereocenters. The number of hydrogen-bond acceptors (Lipinski definition) is 4. The summed E-state index contributed by atoms with van der Waals surface area (Å²) >= 11 is 0. The van der Waals surface area contributed by atoms with E-state index in [9.17, 15) is 12.8 Å². The number of hydrogen-bond donors (Lipinski definition) is 2. The van der Waals surface area contributed by atoms with Crippen molar-refractivity contribution >= 4 is 21.7 Å². The first-order valence-corrected chi connectivity index (χ1v) is 10.3. The molecular formula is C16H26FN5O2S. The summed E-state index contributed by atoms with van der Waals surface area (Å²) in [6, 6.07) is 6.80. The Kier molecular flexibility index (Phi) is 7.01. The van der Waals surface area contributed by atoms with Gasteiger partial charge in [0, 0.05) is 39.3 Å². The first-order chi connectivity index (χ1) is 11.9. The van der Waals surface area contributed by atoms with Crippen molar-refractivity contribution in [3.8, 4) is 0 Å². The average molecular weight is 371 g/mol. The maximum Gasteiger partial charge on any atom is 0.208 e. The number of rotatable bonds is 6. The molecule has 1 aliphatic heterocycles. The number of nitrogens with zero attached hydrogens (tertiary/aromatic N) is 3. The number of anilines is 1. The van der Waals surface area contributed by atoms with Crippen molar-refractivity contribution in [1.82, 2.24) is 14.9 Å². The molecule has 7 nitrogen and oxygen atoms in total. The normalized spacial score (nSPS) is 16.2. The van der Waals surface area contributed by atoms with Gasteiger partial charge in [0.05, 0.1) is 18.5 Å². The maximum atomic E-state index is 13.9. The van der Waals surface area contributed by atoms with Crippen LogP contribution in [0.5, 0.6) is 0 Å². The van der Waals surface area contributed by atoms with E-state index in [1.54, 1.807) is 12.1 Å². The first-order valence-electron chi connectivity index (χ1n) is 8.38. The summed E-state index contributed by atoms with van der Waals surface area (Å²) < 4.78 is 38.5. The Morgan fingerprint density at radius 2 is 1.92 bits per heavy atom. The largest absolute Gasteiger partial charge is 0.366 e. The van der Waals surface area contributed by atoms with Gasteiger partial charge in [-0.15, -0.1) is 0 Å². The van der Waals surface area contributed by atoms with Crippen molar-refractivity contribution in [3.05, 3.63) is 30.1 Å². The third kappa shape index (κ3) is 6.17. The van der Waals surface area contributed by atoms with Gasteiger partial charge >= 0.3 is 0 Å². The van der Waals surface area contributed by atoms with E-state index in [0.29, 0.717) is 25.3 Å². The van der Waals surface area contributed by atoms with E-state index in [0.717, 1.165) is 31.8 Å². The molecule has 2 rings (SSSR count). The van der Waals surface area contributed by atoms with E-state index in [4.69, 9.17) is 0 Å². The molecule has 140 valence electrons. The van der Waals surface area contributed by atoms with Gasteiger partial charge in [0.1, 0.15) is 5.82 Å². The van der Waals surface area contributed by atoms with Crippen LogP contribution < -0.4 is 14.9 Å². The monoisotopic (exact) mass is 371 g/mol. The van der Waals surface area contributed by atoms with Crippen LogP contribution in [0.3, 0.4) is 0 Å². The average Bonchev–Trinajstić information content (AvgIpc) is 2.57. The van der Waals surface area contributed by atoms with E-state index >= 15 is 0 Å². The Balaban J connectivity index is 1.92. The lowest BCUT2D eigenvalue weighted by molar-refractivity contribution is 0.371. The van der Waals surface area contributed by atoms with Crippen LogP contribution >= 0.6 is 0 Å². The summed E-state index contributed by atoms with van der Waals surface area (Å²) in [4.78, 5) is 8.61. The third-order valence-electron chi connectivity index (χ3n) is 3.84. The highest BCUT2D eigenvalue weighted by Crippen LogP contribution is 2.20. The molecule has 1 saturated heterocycles. The molecule has 0 amide bonds. The quantitative estimate of drug-likeness (QED) is 0.432. The van der Waals surface area contributed by atoms with Crippen LogP contribution in [0, 0.1) is 5.82 Å². The zero-order chi connectivity index (χ0) is 18.3. The molecule has 0 saturated carbocycles. The fourth-order valence-corrected chi connectivity index (χ4v) is 3.15. The molecule has 1 fully saturated rings. The van der Waals surface area contributed by atoms with Crippen molar-refractivity contribution in [2.24, 2.45) is 4.99 Å². The topological polar surface area (TPSA) is 77.0 Å². The highest BCUT2D eigenvalue weighted by Gasteiger charge is 2.21. The molecule has 9 heteroatoms. The fraction of sp³-hybridized carbons (Fsp3) is 0.562. The van der Waals surface area contributed by atoms with Crippen LogP contribution in [0.25, 0.3) is 0 Å². The number of piperazine rings is 1. The zero-order valence-electron chi connectivity index (χ0n) is 14.7. The van der Waals surface area contributed by atoms with Gasteiger partial charge in [0.25, 0.3) is 0 Å². The minimum absolute atomic E-state index is 0.205. The van der Waals surface area contributed by atoms with Gasteiger partial charge in [0.2, 0.25) is 10.0 Å². The Morgan fingerprint density at radius 3 is 2.52 bits per heavy atom. The second-order valence-electron chi connectivity index (χ2n) is 5.83. The number of benzene rings is 1. The lowest BCUT2D eigenvalue weighted by atomic mass is 10.2. The van der Waals surface area contributed by atoms with Gasteiger partial charge in [-0.1, -0.05) is 12.1 Å². The minimum Gasteiger partial charge on any atom is -0.366 e. The molecule has 1 aliphatic rings. The molecule has 1 aromatic carbocycles. The highest BCUT2D eigenvalue weighted by atomic mass is 32.2. The summed E-state index contributed by atoms with van der Waals surface area (Å²) in [6.07, 6.45) is 1.13. The van der Waals surface area contributed by atoms with Gasteiger partial charge < -0.3 is 15.1 Å². The second kappa shape index (κ2) is 9.00. The van der Waals surface area contributed by atoms with E-state index < -0.39 is 10.0 Å². The number of sulfonamides is 1. The molecule has 0 aromatic heterocycles. The summed E-state index contributed by atoms with van der Waals surface area (Å²) in [6.45, 7) is 6.19. The lowest BCUT2D eigenvalue weighted by Crippen LogP contribution is -2.52. The predicted octanol–water partition coefficient (Wildman–Crippen LogP) is 0.462. The third-order valence-corrected chi connectivity index (χ3v) is 4.57. The molecule has 25 heavy (non-hydrogen) atoms. The van der Waals surface area contributed by atoms with Crippen LogP contribution in [0.4, 0.5) is 10.1 Å². The lowest BCUT2D eigenvalue weighted by Gasteiger charge is -2.37. The Morgan fingerprint density at radius 1 is 1.24 bits per heavy atom. The second-order valence-corrected chi connectivity index (χ2v) is 7.66. The summed E-state index contributed by atoms with van der Waals surface area (Å²) in [5.41, 5.74) is 0.626. The van der Waals surface area contributed by atoms with Crippen LogP contribution in [0.1, 0.15) is 6.92 Å². The molecule has 0 bridgehead atoms. The molecular weight excluding hydrogens is 345 g/mol. The maximum absolute atomic E-state index is 13.9.